The van der Waals surface area contributed by atoms with Gasteiger partial charge in [-0.15, -0.1) is 11.3 Å². The average molecular weight is 339 g/mol. The number of hydrogen-bond donors (Lipinski definition) is 1. The molecule has 98 valence electrons. The van der Waals surface area contributed by atoms with Crippen LogP contribution in [0.2, 0.25) is 5.02 Å². The molecule has 1 aromatic heterocycles. The fourth-order valence-corrected chi connectivity index (χ4v) is 3.52. The highest BCUT2D eigenvalue weighted by Gasteiger charge is 2.18. The van der Waals surface area contributed by atoms with E-state index in [1.165, 1.54) is 17.7 Å². The van der Waals surface area contributed by atoms with Gasteiger partial charge in [0, 0.05) is 4.88 Å². The highest BCUT2D eigenvalue weighted by atomic mass is 79.9. The van der Waals surface area contributed by atoms with Crippen molar-refractivity contribution in [2.45, 2.75) is 40.0 Å². The van der Waals surface area contributed by atoms with Crippen molar-refractivity contribution >= 4 is 38.9 Å². The van der Waals surface area contributed by atoms with Gasteiger partial charge in [-0.05, 0) is 59.8 Å². The first kappa shape index (κ1) is 15.5. The van der Waals surface area contributed by atoms with E-state index >= 15 is 0 Å². The fraction of sp³-hybridized carbons (Fsp3) is 0.692. The van der Waals surface area contributed by atoms with Gasteiger partial charge in [-0.1, -0.05) is 32.4 Å². The largest absolute Gasteiger partial charge is 0.317 e. The zero-order chi connectivity index (χ0) is 12.9. The molecule has 0 unspecified atom stereocenters. The van der Waals surface area contributed by atoms with Crippen molar-refractivity contribution in [2.24, 2.45) is 5.41 Å². The Balaban J connectivity index is 2.38. The SMILES string of the molecule is CCNCCC(C)(C)CCc1cc(Cl)c(Br)s1. The lowest BCUT2D eigenvalue weighted by Gasteiger charge is -2.24. The maximum atomic E-state index is 6.04. The maximum absolute atomic E-state index is 6.04. The molecule has 0 radical (unpaired) electrons. The van der Waals surface area contributed by atoms with Crippen molar-refractivity contribution in [3.05, 3.63) is 19.8 Å². The van der Waals surface area contributed by atoms with Crippen LogP contribution in [0.25, 0.3) is 0 Å². The molecule has 1 heterocycles. The Morgan fingerprint density at radius 3 is 2.65 bits per heavy atom. The van der Waals surface area contributed by atoms with Crippen molar-refractivity contribution in [2.75, 3.05) is 13.1 Å². The van der Waals surface area contributed by atoms with Crippen LogP contribution >= 0.6 is 38.9 Å². The number of nitrogens with one attached hydrogen (secondary N) is 1. The van der Waals surface area contributed by atoms with Gasteiger partial charge in [-0.2, -0.15) is 0 Å². The quantitative estimate of drug-likeness (QED) is 0.680. The predicted molar refractivity (Wildman–Crippen MR) is 82.3 cm³/mol. The monoisotopic (exact) mass is 337 g/mol. The van der Waals surface area contributed by atoms with Gasteiger partial charge in [-0.3, -0.25) is 0 Å². The average Bonchev–Trinajstić information content (AvgIpc) is 2.56. The number of hydrogen-bond acceptors (Lipinski definition) is 2. The second-order valence-corrected chi connectivity index (χ2v) is 7.96. The van der Waals surface area contributed by atoms with Crippen molar-refractivity contribution in [3.8, 4) is 0 Å². The Labute approximate surface area is 122 Å². The van der Waals surface area contributed by atoms with Crippen LogP contribution < -0.4 is 5.32 Å². The minimum atomic E-state index is 0.394. The molecule has 1 rings (SSSR count). The summed E-state index contributed by atoms with van der Waals surface area (Å²) in [6.07, 6.45) is 3.55. The van der Waals surface area contributed by atoms with E-state index in [1.54, 1.807) is 11.3 Å². The summed E-state index contributed by atoms with van der Waals surface area (Å²) in [7, 11) is 0. The van der Waals surface area contributed by atoms with Crippen LogP contribution in [0.3, 0.4) is 0 Å². The summed E-state index contributed by atoms with van der Waals surface area (Å²) < 4.78 is 1.06. The molecule has 0 fully saturated rings. The van der Waals surface area contributed by atoms with E-state index in [-0.39, 0.29) is 0 Å². The van der Waals surface area contributed by atoms with Crippen molar-refractivity contribution in [3.63, 3.8) is 0 Å². The Bertz CT molecular complexity index is 330. The van der Waals surface area contributed by atoms with Gasteiger partial charge < -0.3 is 5.32 Å². The Morgan fingerprint density at radius 1 is 1.41 bits per heavy atom. The highest BCUT2D eigenvalue weighted by molar-refractivity contribution is 9.11. The Hall–Kier alpha value is 0.430. The lowest BCUT2D eigenvalue weighted by atomic mass is 9.84. The molecule has 0 amide bonds. The summed E-state index contributed by atoms with van der Waals surface area (Å²) in [4.78, 5) is 1.37. The minimum Gasteiger partial charge on any atom is -0.317 e. The smallest absolute Gasteiger partial charge is 0.0887 e. The summed E-state index contributed by atoms with van der Waals surface area (Å²) in [5, 5.41) is 4.23. The van der Waals surface area contributed by atoms with E-state index in [0.29, 0.717) is 5.41 Å². The maximum Gasteiger partial charge on any atom is 0.0887 e. The molecule has 0 aliphatic heterocycles. The van der Waals surface area contributed by atoms with Crippen LogP contribution in [0, 0.1) is 5.41 Å². The second-order valence-electron chi connectivity index (χ2n) is 5.10. The molecule has 0 atom stereocenters. The number of rotatable bonds is 7. The lowest BCUT2D eigenvalue weighted by Crippen LogP contribution is -2.22. The first-order valence-electron chi connectivity index (χ1n) is 6.09. The summed E-state index contributed by atoms with van der Waals surface area (Å²) in [6, 6.07) is 2.08. The van der Waals surface area contributed by atoms with Crippen LogP contribution in [-0.4, -0.2) is 13.1 Å². The molecular formula is C13H21BrClNS. The van der Waals surface area contributed by atoms with Crippen LogP contribution in [0.15, 0.2) is 9.85 Å². The first-order valence-corrected chi connectivity index (χ1v) is 8.08. The summed E-state index contributed by atoms with van der Waals surface area (Å²) in [6.45, 7) is 9.00. The van der Waals surface area contributed by atoms with Gasteiger partial charge in [0.1, 0.15) is 0 Å². The fourth-order valence-electron chi connectivity index (χ4n) is 1.70. The molecule has 0 aliphatic rings. The molecule has 17 heavy (non-hydrogen) atoms. The van der Waals surface area contributed by atoms with E-state index in [2.05, 4.69) is 48.1 Å². The molecule has 0 aliphatic carbocycles. The summed E-state index contributed by atoms with van der Waals surface area (Å²) >= 11 is 11.3. The second kappa shape index (κ2) is 7.13. The normalized spacial score (nSPS) is 12.1. The third-order valence-electron chi connectivity index (χ3n) is 2.97. The summed E-state index contributed by atoms with van der Waals surface area (Å²) in [5.41, 5.74) is 0.394. The predicted octanol–water partition coefficient (Wildman–Crippen LogP) is 5.12. The molecule has 0 saturated carbocycles. The molecule has 0 spiro atoms. The van der Waals surface area contributed by atoms with Gasteiger partial charge in [0.25, 0.3) is 0 Å². The van der Waals surface area contributed by atoms with E-state index in [1.807, 2.05) is 0 Å². The Kier molecular flexibility index (Phi) is 6.49. The standard InChI is InChI=1S/C13H21BrClNS/c1-4-16-8-7-13(2,3)6-5-10-9-11(15)12(14)17-10/h9,16H,4-8H2,1-3H3. The zero-order valence-electron chi connectivity index (χ0n) is 10.8. The Morgan fingerprint density at radius 2 is 2.12 bits per heavy atom. The van der Waals surface area contributed by atoms with Crippen LogP contribution in [0.1, 0.15) is 38.5 Å². The van der Waals surface area contributed by atoms with Crippen LogP contribution in [0.4, 0.5) is 0 Å². The molecule has 1 nitrogen and oxygen atoms in total. The third-order valence-corrected chi connectivity index (χ3v) is 5.51. The van der Waals surface area contributed by atoms with Gasteiger partial charge in [0.15, 0.2) is 0 Å². The van der Waals surface area contributed by atoms with Crippen LogP contribution in [-0.2, 0) is 6.42 Å². The lowest BCUT2D eigenvalue weighted by molar-refractivity contribution is 0.304. The van der Waals surface area contributed by atoms with E-state index in [4.69, 9.17) is 11.6 Å². The zero-order valence-corrected chi connectivity index (χ0v) is 13.9. The topological polar surface area (TPSA) is 12.0 Å². The molecule has 0 aromatic carbocycles. The minimum absolute atomic E-state index is 0.394. The summed E-state index contributed by atoms with van der Waals surface area (Å²) in [5.74, 6) is 0. The van der Waals surface area contributed by atoms with Gasteiger partial charge in [0.05, 0.1) is 8.81 Å². The molecule has 1 aromatic rings. The highest BCUT2D eigenvalue weighted by Crippen LogP contribution is 2.35. The molecule has 0 saturated heterocycles. The number of halogens is 2. The molecule has 0 bridgehead atoms. The third kappa shape index (κ3) is 5.73. The number of aryl methyl sites for hydroxylation is 1. The van der Waals surface area contributed by atoms with Gasteiger partial charge in [0.2, 0.25) is 0 Å². The van der Waals surface area contributed by atoms with Crippen molar-refractivity contribution in [1.29, 1.82) is 0 Å². The van der Waals surface area contributed by atoms with Crippen LogP contribution in [0.5, 0.6) is 0 Å². The molecular weight excluding hydrogens is 318 g/mol. The van der Waals surface area contributed by atoms with Gasteiger partial charge >= 0.3 is 0 Å². The van der Waals surface area contributed by atoms with Crippen molar-refractivity contribution in [1.82, 2.24) is 5.32 Å². The number of thiophene rings is 1. The van der Waals surface area contributed by atoms with E-state index < -0.39 is 0 Å². The first-order chi connectivity index (χ1) is 7.94. The van der Waals surface area contributed by atoms with E-state index in [9.17, 15) is 0 Å². The molecule has 1 N–H and O–H groups in total. The van der Waals surface area contributed by atoms with Gasteiger partial charge in [-0.25, -0.2) is 0 Å². The van der Waals surface area contributed by atoms with E-state index in [0.717, 1.165) is 28.3 Å². The molecule has 4 heteroatoms. The van der Waals surface area contributed by atoms with Crippen molar-refractivity contribution < 1.29 is 0 Å².